The fourth-order valence-corrected chi connectivity index (χ4v) is 3.08. The number of rotatable bonds is 3. The Morgan fingerprint density at radius 2 is 1.57 bits per heavy atom. The van der Waals surface area contributed by atoms with Gasteiger partial charge in [0.05, 0.1) is 0 Å². The molecule has 3 rings (SSSR count). The van der Waals surface area contributed by atoms with E-state index >= 15 is 0 Å². The average Bonchev–Trinajstić information content (AvgIpc) is 2.52. The van der Waals surface area contributed by atoms with Gasteiger partial charge >= 0.3 is 11.8 Å². The minimum absolute atomic E-state index is 0.0281. The van der Waals surface area contributed by atoms with Crippen molar-refractivity contribution in [3.8, 4) is 11.1 Å². The van der Waals surface area contributed by atoms with Crippen molar-refractivity contribution >= 4 is 0 Å². The topological polar surface area (TPSA) is 0 Å². The molecule has 0 amide bonds. The Balaban J connectivity index is 1.96. The molecule has 122 valence electrons. The van der Waals surface area contributed by atoms with Crippen LogP contribution in [0.25, 0.3) is 11.1 Å². The Bertz CT molecular complexity index is 702. The lowest BCUT2D eigenvalue weighted by molar-refractivity contribution is -0.224. The van der Waals surface area contributed by atoms with Gasteiger partial charge in [-0.3, -0.25) is 0 Å². The van der Waals surface area contributed by atoms with Crippen LogP contribution in [0, 0.1) is 0 Å². The zero-order valence-electron chi connectivity index (χ0n) is 12.9. The first-order valence-electron chi connectivity index (χ1n) is 7.83. The van der Waals surface area contributed by atoms with Crippen LogP contribution < -0.4 is 0 Å². The molecule has 1 aliphatic carbocycles. The van der Waals surface area contributed by atoms with Crippen LogP contribution in [0.3, 0.4) is 0 Å². The summed E-state index contributed by atoms with van der Waals surface area (Å²) < 4.78 is 54.7. The molecule has 0 atom stereocenters. The highest BCUT2D eigenvalue weighted by molar-refractivity contribution is 5.66. The first-order valence-corrected chi connectivity index (χ1v) is 7.83. The van der Waals surface area contributed by atoms with Crippen LogP contribution >= 0.6 is 0 Å². The third kappa shape index (κ3) is 2.75. The quantitative estimate of drug-likeness (QED) is 0.610. The Kier molecular flexibility index (Phi) is 3.95. The van der Waals surface area contributed by atoms with Crippen molar-refractivity contribution in [3.63, 3.8) is 0 Å². The highest BCUT2D eigenvalue weighted by Crippen LogP contribution is 2.50. The van der Waals surface area contributed by atoms with Crippen LogP contribution in [0.5, 0.6) is 0 Å². The van der Waals surface area contributed by atoms with Gasteiger partial charge in [0, 0.05) is 12.0 Å². The van der Waals surface area contributed by atoms with Crippen LogP contribution in [0.1, 0.15) is 36.5 Å². The summed E-state index contributed by atoms with van der Waals surface area (Å²) in [7, 11) is 0. The maximum atomic E-state index is 13.9. The molecule has 0 bridgehead atoms. The molecule has 1 aliphatic rings. The number of alkyl halides is 4. The van der Waals surface area contributed by atoms with Crippen molar-refractivity contribution in [2.75, 3.05) is 0 Å². The largest absolute Gasteiger partial charge is 0.335 e. The third-order valence-electron chi connectivity index (χ3n) is 4.44. The molecule has 0 radical (unpaired) electrons. The summed E-state index contributed by atoms with van der Waals surface area (Å²) in [6.07, 6.45) is 1.21. The first-order chi connectivity index (χ1) is 10.8. The van der Waals surface area contributed by atoms with Crippen molar-refractivity contribution < 1.29 is 17.6 Å². The molecule has 0 nitrogen and oxygen atoms in total. The second kappa shape index (κ2) is 5.66. The van der Waals surface area contributed by atoms with Gasteiger partial charge in [-0.1, -0.05) is 55.8 Å². The second-order valence-electron chi connectivity index (χ2n) is 6.10. The standard InChI is InChI=1S/C19H18F4/c1-2-3-13-4-6-14(7-5-13)15-8-9-17-16(12-15)10-11-18(20,21)19(17,22)23/h4-9,12H,2-3,10-11H2,1H3. The Hall–Kier alpha value is -1.84. The summed E-state index contributed by atoms with van der Waals surface area (Å²) in [5, 5.41) is 0. The van der Waals surface area contributed by atoms with Crippen molar-refractivity contribution in [2.24, 2.45) is 0 Å². The molecule has 0 heterocycles. The SMILES string of the molecule is CCCc1ccc(-c2ccc3c(c2)CCC(F)(F)C3(F)F)cc1. The van der Waals surface area contributed by atoms with Crippen molar-refractivity contribution in [1.29, 1.82) is 0 Å². The number of fused-ring (bicyclic) bond motifs is 1. The molecular formula is C19H18F4. The summed E-state index contributed by atoms with van der Waals surface area (Å²) in [6.45, 7) is 2.10. The van der Waals surface area contributed by atoms with Gasteiger partial charge < -0.3 is 0 Å². The van der Waals surface area contributed by atoms with Crippen molar-refractivity contribution in [3.05, 3.63) is 59.2 Å². The van der Waals surface area contributed by atoms with Crippen LogP contribution in [0.4, 0.5) is 17.6 Å². The summed E-state index contributed by atoms with van der Waals surface area (Å²) in [6, 6.07) is 12.2. The lowest BCUT2D eigenvalue weighted by atomic mass is 9.84. The fraction of sp³-hybridized carbons (Fsp3) is 0.368. The zero-order chi connectivity index (χ0) is 16.7. The van der Waals surface area contributed by atoms with Crippen LogP contribution in [-0.4, -0.2) is 5.92 Å². The van der Waals surface area contributed by atoms with E-state index in [1.54, 1.807) is 6.07 Å². The molecular weight excluding hydrogens is 304 g/mol. The molecule has 2 aromatic rings. The van der Waals surface area contributed by atoms with Gasteiger partial charge in [-0.05, 0) is 35.1 Å². The smallest absolute Gasteiger partial charge is 0.199 e. The van der Waals surface area contributed by atoms with E-state index in [2.05, 4.69) is 6.92 Å². The highest BCUT2D eigenvalue weighted by Gasteiger charge is 2.59. The molecule has 0 spiro atoms. The molecule has 0 aromatic heterocycles. The van der Waals surface area contributed by atoms with Gasteiger partial charge in [0.1, 0.15) is 0 Å². The van der Waals surface area contributed by atoms with E-state index in [1.165, 1.54) is 11.6 Å². The molecule has 0 N–H and O–H groups in total. The Morgan fingerprint density at radius 3 is 2.22 bits per heavy atom. The van der Waals surface area contributed by atoms with E-state index in [9.17, 15) is 17.6 Å². The number of halogens is 4. The molecule has 2 aromatic carbocycles. The van der Waals surface area contributed by atoms with E-state index in [-0.39, 0.29) is 6.42 Å². The zero-order valence-corrected chi connectivity index (χ0v) is 12.9. The van der Waals surface area contributed by atoms with E-state index in [1.807, 2.05) is 24.3 Å². The summed E-state index contributed by atoms with van der Waals surface area (Å²) in [5.41, 5.74) is 2.69. The van der Waals surface area contributed by atoms with Gasteiger partial charge in [0.25, 0.3) is 0 Å². The predicted molar refractivity (Wildman–Crippen MR) is 83.0 cm³/mol. The summed E-state index contributed by atoms with van der Waals surface area (Å²) in [4.78, 5) is 0. The lowest BCUT2D eigenvalue weighted by Crippen LogP contribution is -2.42. The van der Waals surface area contributed by atoms with E-state index in [0.29, 0.717) is 5.56 Å². The molecule has 0 saturated carbocycles. The maximum absolute atomic E-state index is 13.9. The molecule has 23 heavy (non-hydrogen) atoms. The highest BCUT2D eigenvalue weighted by atomic mass is 19.3. The first kappa shape index (κ1) is 16.0. The minimum Gasteiger partial charge on any atom is -0.199 e. The minimum atomic E-state index is -4.09. The second-order valence-corrected chi connectivity index (χ2v) is 6.10. The molecule has 0 saturated heterocycles. The molecule has 0 unspecified atom stereocenters. The third-order valence-corrected chi connectivity index (χ3v) is 4.44. The van der Waals surface area contributed by atoms with Crippen molar-refractivity contribution in [2.45, 2.75) is 44.5 Å². The summed E-state index contributed by atoms with van der Waals surface area (Å²) >= 11 is 0. The lowest BCUT2D eigenvalue weighted by Gasteiger charge is -2.33. The molecule has 0 fully saturated rings. The van der Waals surface area contributed by atoms with Crippen LogP contribution in [0.15, 0.2) is 42.5 Å². The van der Waals surface area contributed by atoms with Gasteiger partial charge in [0.15, 0.2) is 0 Å². The maximum Gasteiger partial charge on any atom is 0.335 e. The van der Waals surface area contributed by atoms with E-state index in [0.717, 1.165) is 30.0 Å². The van der Waals surface area contributed by atoms with Crippen molar-refractivity contribution in [1.82, 2.24) is 0 Å². The predicted octanol–water partition coefficient (Wildman–Crippen LogP) is 5.98. The normalized spacial score (nSPS) is 18.5. The monoisotopic (exact) mass is 322 g/mol. The average molecular weight is 322 g/mol. The van der Waals surface area contributed by atoms with Crippen LogP contribution in [0.2, 0.25) is 0 Å². The number of aryl methyl sites for hydroxylation is 2. The molecule has 4 heteroatoms. The van der Waals surface area contributed by atoms with Gasteiger partial charge in [0.2, 0.25) is 0 Å². The fourth-order valence-electron chi connectivity index (χ4n) is 3.08. The van der Waals surface area contributed by atoms with Gasteiger partial charge in [-0.15, -0.1) is 0 Å². The van der Waals surface area contributed by atoms with Crippen LogP contribution in [-0.2, 0) is 18.8 Å². The number of benzene rings is 2. The Labute approximate surface area is 133 Å². The Morgan fingerprint density at radius 1 is 0.913 bits per heavy atom. The summed E-state index contributed by atoms with van der Waals surface area (Å²) in [5.74, 6) is -8.06. The van der Waals surface area contributed by atoms with E-state index in [4.69, 9.17) is 0 Å². The molecule has 0 aliphatic heterocycles. The number of hydrogen-bond acceptors (Lipinski definition) is 0. The number of hydrogen-bond donors (Lipinski definition) is 0. The van der Waals surface area contributed by atoms with Gasteiger partial charge in [-0.2, -0.15) is 17.6 Å². The van der Waals surface area contributed by atoms with E-state index < -0.39 is 23.8 Å². The van der Waals surface area contributed by atoms with Gasteiger partial charge in [-0.25, -0.2) is 0 Å².